The summed E-state index contributed by atoms with van der Waals surface area (Å²) >= 11 is 0. The highest BCUT2D eigenvalue weighted by Crippen LogP contribution is 2.38. The summed E-state index contributed by atoms with van der Waals surface area (Å²) in [6.07, 6.45) is 2.64. The maximum absolute atomic E-state index is 11.5. The Labute approximate surface area is 113 Å². The van der Waals surface area contributed by atoms with Gasteiger partial charge < -0.3 is 14.9 Å². The minimum Gasteiger partial charge on any atom is -0.454 e. The molecule has 5 unspecified atom stereocenters. The van der Waals surface area contributed by atoms with Crippen LogP contribution in [0.15, 0.2) is 23.8 Å². The predicted molar refractivity (Wildman–Crippen MR) is 71.3 cm³/mol. The number of ether oxygens (including phenoxy) is 1. The molecule has 19 heavy (non-hydrogen) atoms. The zero-order valence-corrected chi connectivity index (χ0v) is 11.5. The lowest BCUT2D eigenvalue weighted by atomic mass is 9.88. The Kier molecular flexibility index (Phi) is 4.11. The van der Waals surface area contributed by atoms with Gasteiger partial charge in [-0.25, -0.2) is 4.79 Å². The van der Waals surface area contributed by atoms with Crippen molar-refractivity contribution in [1.82, 2.24) is 0 Å². The molecule has 1 fully saturated rings. The smallest absolute Gasteiger partial charge is 0.334 e. The lowest BCUT2D eigenvalue weighted by Crippen LogP contribution is -2.22. The van der Waals surface area contributed by atoms with E-state index in [9.17, 15) is 15.0 Å². The van der Waals surface area contributed by atoms with E-state index in [1.54, 1.807) is 6.92 Å². The first-order valence-electron chi connectivity index (χ1n) is 6.86. The second-order valence-electron chi connectivity index (χ2n) is 5.72. The van der Waals surface area contributed by atoms with E-state index in [2.05, 4.69) is 6.58 Å². The third-order valence-electron chi connectivity index (χ3n) is 4.24. The fourth-order valence-corrected chi connectivity index (χ4v) is 2.82. The number of hydrogen-bond donors (Lipinski definition) is 2. The minimum absolute atomic E-state index is 0.0239. The molecule has 2 rings (SSSR count). The number of carbonyl (C=O) groups is 1. The van der Waals surface area contributed by atoms with Crippen LogP contribution in [0.1, 0.15) is 33.1 Å². The molecule has 2 aliphatic rings. The van der Waals surface area contributed by atoms with E-state index in [4.69, 9.17) is 4.74 Å². The lowest BCUT2D eigenvalue weighted by Gasteiger charge is -2.21. The molecule has 0 bridgehead atoms. The minimum atomic E-state index is -0.499. The molecule has 4 nitrogen and oxygen atoms in total. The summed E-state index contributed by atoms with van der Waals surface area (Å²) in [6, 6.07) is 0. The van der Waals surface area contributed by atoms with Crippen molar-refractivity contribution in [2.75, 3.05) is 0 Å². The van der Waals surface area contributed by atoms with E-state index in [0.29, 0.717) is 24.8 Å². The Morgan fingerprint density at radius 2 is 2.26 bits per heavy atom. The number of aliphatic hydroxyl groups excluding tert-OH is 2. The van der Waals surface area contributed by atoms with Crippen molar-refractivity contribution < 1.29 is 19.7 Å². The van der Waals surface area contributed by atoms with Gasteiger partial charge in [-0.05, 0) is 32.3 Å². The summed E-state index contributed by atoms with van der Waals surface area (Å²) in [5.74, 6) is -0.451. The second kappa shape index (κ2) is 5.47. The molecule has 0 spiro atoms. The van der Waals surface area contributed by atoms with Crippen molar-refractivity contribution in [1.29, 1.82) is 0 Å². The average molecular weight is 266 g/mol. The fraction of sp³-hybridized carbons (Fsp3) is 0.667. The number of esters is 1. The van der Waals surface area contributed by atoms with Gasteiger partial charge in [0.15, 0.2) is 0 Å². The van der Waals surface area contributed by atoms with E-state index in [1.807, 2.05) is 13.0 Å². The molecule has 1 aliphatic heterocycles. The number of aliphatic hydroxyl groups is 2. The van der Waals surface area contributed by atoms with Crippen molar-refractivity contribution >= 4 is 5.97 Å². The van der Waals surface area contributed by atoms with Crippen LogP contribution in [-0.4, -0.2) is 34.5 Å². The summed E-state index contributed by atoms with van der Waals surface area (Å²) in [5.41, 5.74) is 1.52. The van der Waals surface area contributed by atoms with Gasteiger partial charge in [-0.15, -0.1) is 0 Å². The summed E-state index contributed by atoms with van der Waals surface area (Å²) < 4.78 is 5.30. The van der Waals surface area contributed by atoms with Crippen LogP contribution < -0.4 is 0 Å². The molecule has 1 heterocycles. The summed E-state index contributed by atoms with van der Waals surface area (Å²) in [7, 11) is 0. The Balaban J connectivity index is 2.21. The van der Waals surface area contributed by atoms with Crippen molar-refractivity contribution in [2.24, 2.45) is 11.8 Å². The van der Waals surface area contributed by atoms with Gasteiger partial charge >= 0.3 is 5.97 Å². The van der Waals surface area contributed by atoms with Gasteiger partial charge in [0.05, 0.1) is 12.2 Å². The van der Waals surface area contributed by atoms with E-state index in [1.165, 1.54) is 0 Å². The largest absolute Gasteiger partial charge is 0.454 e. The fourth-order valence-electron chi connectivity index (χ4n) is 2.82. The van der Waals surface area contributed by atoms with Crippen LogP contribution in [0.2, 0.25) is 0 Å². The first kappa shape index (κ1) is 14.3. The summed E-state index contributed by atoms with van der Waals surface area (Å²) in [4.78, 5) is 11.5. The van der Waals surface area contributed by atoms with E-state index in [-0.39, 0.29) is 30.0 Å². The van der Waals surface area contributed by atoms with Gasteiger partial charge in [0.25, 0.3) is 0 Å². The highest BCUT2D eigenvalue weighted by Gasteiger charge is 2.41. The van der Waals surface area contributed by atoms with Gasteiger partial charge in [-0.2, -0.15) is 0 Å². The third-order valence-corrected chi connectivity index (χ3v) is 4.24. The third kappa shape index (κ3) is 2.90. The molecule has 0 aromatic rings. The van der Waals surface area contributed by atoms with Crippen LogP contribution in [0.5, 0.6) is 0 Å². The van der Waals surface area contributed by atoms with Gasteiger partial charge in [-0.3, -0.25) is 0 Å². The van der Waals surface area contributed by atoms with E-state index >= 15 is 0 Å². The molecular weight excluding hydrogens is 244 g/mol. The van der Waals surface area contributed by atoms with Crippen LogP contribution in [0.4, 0.5) is 0 Å². The van der Waals surface area contributed by atoms with E-state index < -0.39 is 6.10 Å². The SMILES string of the molecule is C=C1C(=O)OC2C=C(CCC(C)O)C(C)C(O)CC12. The zero-order valence-electron chi connectivity index (χ0n) is 11.5. The highest BCUT2D eigenvalue weighted by molar-refractivity contribution is 5.91. The summed E-state index contributed by atoms with van der Waals surface area (Å²) in [5, 5.41) is 19.6. The first-order valence-corrected chi connectivity index (χ1v) is 6.86. The highest BCUT2D eigenvalue weighted by atomic mass is 16.6. The van der Waals surface area contributed by atoms with Crippen LogP contribution in [0.25, 0.3) is 0 Å². The number of rotatable bonds is 3. The Morgan fingerprint density at radius 3 is 2.89 bits per heavy atom. The van der Waals surface area contributed by atoms with Crippen molar-refractivity contribution in [2.45, 2.75) is 51.4 Å². The van der Waals surface area contributed by atoms with Crippen molar-refractivity contribution in [3.63, 3.8) is 0 Å². The maximum atomic E-state index is 11.5. The standard InChI is InChI=1S/C15H22O4/c1-8(16)4-5-11-6-14-12(7-13(17)9(11)2)10(3)15(18)19-14/h6,8-9,12-14,16-17H,3-5,7H2,1-2H3. The molecule has 1 aliphatic carbocycles. The molecule has 106 valence electrons. The molecule has 0 saturated carbocycles. The van der Waals surface area contributed by atoms with Crippen LogP contribution in [0, 0.1) is 11.8 Å². The predicted octanol–water partition coefficient (Wildman–Crippen LogP) is 1.57. The first-order chi connectivity index (χ1) is 8.90. The number of fused-ring (bicyclic) bond motifs is 1. The molecule has 0 aromatic heterocycles. The van der Waals surface area contributed by atoms with Crippen LogP contribution in [-0.2, 0) is 9.53 Å². The number of carbonyl (C=O) groups excluding carboxylic acids is 1. The van der Waals surface area contributed by atoms with E-state index in [0.717, 1.165) is 5.57 Å². The Hall–Kier alpha value is -1.13. The zero-order chi connectivity index (χ0) is 14.2. The lowest BCUT2D eigenvalue weighted by molar-refractivity contribution is -0.137. The normalized spacial score (nSPS) is 36.3. The molecule has 0 amide bonds. The molecule has 2 N–H and O–H groups in total. The molecule has 1 saturated heterocycles. The van der Waals surface area contributed by atoms with Crippen LogP contribution >= 0.6 is 0 Å². The van der Waals surface area contributed by atoms with Gasteiger partial charge in [0.1, 0.15) is 6.10 Å². The Morgan fingerprint density at radius 1 is 1.58 bits per heavy atom. The maximum Gasteiger partial charge on any atom is 0.334 e. The van der Waals surface area contributed by atoms with Crippen molar-refractivity contribution in [3.05, 3.63) is 23.8 Å². The molecule has 5 atom stereocenters. The van der Waals surface area contributed by atoms with Crippen LogP contribution in [0.3, 0.4) is 0 Å². The average Bonchev–Trinajstić information content (AvgIpc) is 2.53. The van der Waals surface area contributed by atoms with Crippen molar-refractivity contribution in [3.8, 4) is 0 Å². The summed E-state index contributed by atoms with van der Waals surface area (Å²) in [6.45, 7) is 7.49. The van der Waals surface area contributed by atoms with Gasteiger partial charge in [-0.1, -0.05) is 19.1 Å². The number of hydrogen-bond acceptors (Lipinski definition) is 4. The molecular formula is C15H22O4. The topological polar surface area (TPSA) is 66.8 Å². The molecule has 0 aromatic carbocycles. The quantitative estimate of drug-likeness (QED) is 0.462. The molecule has 4 heteroatoms. The molecule has 0 radical (unpaired) electrons. The van der Waals surface area contributed by atoms with Gasteiger partial charge in [0.2, 0.25) is 0 Å². The van der Waals surface area contributed by atoms with Gasteiger partial charge in [0, 0.05) is 17.4 Å². The monoisotopic (exact) mass is 266 g/mol. The second-order valence-corrected chi connectivity index (χ2v) is 5.72. The Bertz CT molecular complexity index is 410.